The maximum atomic E-state index is 12.9. The van der Waals surface area contributed by atoms with Crippen molar-refractivity contribution in [3.63, 3.8) is 0 Å². The van der Waals surface area contributed by atoms with E-state index in [-0.39, 0.29) is 83.7 Å². The molecule has 0 fully saturated rings. The average molecular weight is 508 g/mol. The van der Waals surface area contributed by atoms with Crippen LogP contribution in [-0.4, -0.2) is 37.7 Å². The predicted molar refractivity (Wildman–Crippen MR) is 87.4 cm³/mol. The van der Waals surface area contributed by atoms with Crippen molar-refractivity contribution in [3.8, 4) is 24.3 Å². The molecular weight excluding hydrogens is 506 g/mol. The Morgan fingerprint density at radius 1 is 0.621 bits per heavy atom. The van der Waals surface area contributed by atoms with Gasteiger partial charge in [-0.3, -0.25) is 0 Å². The van der Waals surface area contributed by atoms with E-state index < -0.39 is 34.4 Å². The van der Waals surface area contributed by atoms with Crippen molar-refractivity contribution in [2.24, 2.45) is 0 Å². The number of hydrogen-bond donors (Lipinski definition) is 0. The second-order valence-corrected chi connectivity index (χ2v) is 5.02. The van der Waals surface area contributed by atoms with Crippen molar-refractivity contribution < 1.29 is 42.4 Å². The molecule has 0 saturated carbocycles. The number of rotatable bonds is 0. The van der Waals surface area contributed by atoms with Crippen molar-refractivity contribution in [3.05, 3.63) is 67.7 Å². The van der Waals surface area contributed by atoms with Gasteiger partial charge in [0.2, 0.25) is 0 Å². The monoisotopic (exact) mass is 506 g/mol. The summed E-state index contributed by atoms with van der Waals surface area (Å²) in [4.78, 5) is 0. The topological polar surface area (TPSA) is 95.2 Å². The summed E-state index contributed by atoms with van der Waals surface area (Å²) < 4.78 is 50.9. The van der Waals surface area contributed by atoms with Gasteiger partial charge in [0.15, 0.2) is 17.5 Å². The summed E-state index contributed by atoms with van der Waals surface area (Å²) in [5.41, 5.74) is -2.06. The van der Waals surface area contributed by atoms with Gasteiger partial charge < -0.3 is 24.8 Å². The smallest absolute Gasteiger partial charge is 1.00 e. The van der Waals surface area contributed by atoms with E-state index in [1.165, 1.54) is 6.07 Å². The van der Waals surface area contributed by atoms with Gasteiger partial charge in [-0.1, -0.05) is 23.2 Å². The Labute approximate surface area is 214 Å². The molecule has 0 aliphatic heterocycles. The number of hydrogen-bond acceptors (Lipinski definition) is 4. The molecule has 2 aromatic carbocycles. The van der Waals surface area contributed by atoms with Crippen molar-refractivity contribution in [1.82, 2.24) is 0 Å². The standard InChI is InChI=1S/C8HCl2FN2.C8HF3N2.Ca.2ClH/c9-7-4(2-12)1-6(11)8(10)5(7)3-13;9-6-1-4(2-12)7(10)5(3-13)8(6)11;;;/h2*1H;;2*1H/q;;+2;;/p-2. The summed E-state index contributed by atoms with van der Waals surface area (Å²) >= 11 is 11.0. The molecular formula is C16H2CaCl4F4N4. The molecule has 2 aromatic rings. The second kappa shape index (κ2) is 14.5. The predicted octanol–water partition coefficient (Wildman–Crippen LogP) is -1.65. The Kier molecular flexibility index (Phi) is 16.1. The van der Waals surface area contributed by atoms with Gasteiger partial charge in [-0.25, -0.2) is 17.6 Å². The maximum Gasteiger partial charge on any atom is 2.00 e. The van der Waals surface area contributed by atoms with Gasteiger partial charge in [0.05, 0.1) is 26.7 Å². The van der Waals surface area contributed by atoms with E-state index in [9.17, 15) is 17.6 Å². The van der Waals surface area contributed by atoms with Crippen LogP contribution in [0.3, 0.4) is 0 Å². The zero-order valence-electron chi connectivity index (χ0n) is 13.7. The Morgan fingerprint density at radius 2 is 1.07 bits per heavy atom. The van der Waals surface area contributed by atoms with Crippen LogP contribution < -0.4 is 24.8 Å². The van der Waals surface area contributed by atoms with Gasteiger partial charge in [0.1, 0.15) is 35.7 Å². The van der Waals surface area contributed by atoms with Crippen LogP contribution in [-0.2, 0) is 0 Å². The normalized spacial score (nSPS) is 8.07. The van der Waals surface area contributed by atoms with Gasteiger partial charge in [0, 0.05) is 0 Å². The van der Waals surface area contributed by atoms with E-state index >= 15 is 0 Å². The van der Waals surface area contributed by atoms with Crippen molar-refractivity contribution in [2.75, 3.05) is 0 Å². The summed E-state index contributed by atoms with van der Waals surface area (Å²) in [6.07, 6.45) is 0. The average Bonchev–Trinajstić information content (AvgIpc) is 2.63. The summed E-state index contributed by atoms with van der Waals surface area (Å²) in [6.45, 7) is 0. The summed E-state index contributed by atoms with van der Waals surface area (Å²) in [7, 11) is 0. The third-order valence-corrected chi connectivity index (χ3v) is 3.54. The van der Waals surface area contributed by atoms with Crippen LogP contribution in [0.15, 0.2) is 12.1 Å². The third-order valence-electron chi connectivity index (χ3n) is 2.78. The molecule has 0 atom stereocenters. The Hall–Kier alpha value is -1.46. The van der Waals surface area contributed by atoms with Crippen LogP contribution in [0.25, 0.3) is 0 Å². The third kappa shape index (κ3) is 7.38. The fourth-order valence-corrected chi connectivity index (χ4v) is 2.04. The summed E-state index contributed by atoms with van der Waals surface area (Å²) in [5.74, 6) is -5.13. The number of benzene rings is 2. The summed E-state index contributed by atoms with van der Waals surface area (Å²) in [6, 6.07) is 7.03. The van der Waals surface area contributed by atoms with Crippen molar-refractivity contribution >= 4 is 60.9 Å². The SMILES string of the molecule is N#Cc1cc(F)c(Cl)c(C#N)c1Cl.N#Cc1cc(F)c(F)c(C#N)c1F.[Ca+2].[Cl-].[Cl-]. The molecule has 0 unspecified atom stereocenters. The minimum absolute atomic E-state index is 0. The zero-order chi connectivity index (χ0) is 20.0. The molecule has 0 aromatic heterocycles. The van der Waals surface area contributed by atoms with Crippen LogP contribution >= 0.6 is 23.2 Å². The first-order valence-corrected chi connectivity index (χ1v) is 6.94. The Balaban J connectivity index is -0.000000422. The second-order valence-electron chi connectivity index (χ2n) is 4.27. The van der Waals surface area contributed by atoms with Gasteiger partial charge in [-0.2, -0.15) is 21.0 Å². The molecule has 4 nitrogen and oxygen atoms in total. The first kappa shape index (κ1) is 32.2. The maximum absolute atomic E-state index is 12.9. The molecule has 0 heterocycles. The molecule has 2 rings (SSSR count). The van der Waals surface area contributed by atoms with Crippen LogP contribution in [0.2, 0.25) is 10.0 Å². The van der Waals surface area contributed by atoms with Gasteiger partial charge in [-0.05, 0) is 12.1 Å². The Morgan fingerprint density at radius 3 is 1.48 bits per heavy atom. The first-order valence-electron chi connectivity index (χ1n) is 6.18. The molecule has 0 aliphatic rings. The molecule has 0 bridgehead atoms. The fraction of sp³-hybridized carbons (Fsp3) is 0. The van der Waals surface area contributed by atoms with Crippen LogP contribution in [0.5, 0.6) is 0 Å². The number of nitrogens with zero attached hydrogens (tertiary/aromatic N) is 4. The number of halogens is 8. The van der Waals surface area contributed by atoms with E-state index in [2.05, 4.69) is 0 Å². The molecule has 0 radical (unpaired) electrons. The van der Waals surface area contributed by atoms with Crippen LogP contribution in [0.4, 0.5) is 17.6 Å². The molecule has 144 valence electrons. The van der Waals surface area contributed by atoms with E-state index in [1.807, 2.05) is 0 Å². The molecule has 0 aliphatic carbocycles. The first-order chi connectivity index (χ1) is 12.2. The van der Waals surface area contributed by atoms with Crippen LogP contribution in [0, 0.1) is 68.6 Å². The van der Waals surface area contributed by atoms with Gasteiger partial charge in [0.25, 0.3) is 0 Å². The Bertz CT molecular complexity index is 984. The largest absolute Gasteiger partial charge is 2.00 e. The quantitative estimate of drug-likeness (QED) is 0.242. The molecule has 0 amide bonds. The molecule has 0 saturated heterocycles. The van der Waals surface area contributed by atoms with Crippen molar-refractivity contribution in [2.45, 2.75) is 0 Å². The van der Waals surface area contributed by atoms with Crippen LogP contribution in [0.1, 0.15) is 22.3 Å². The molecule has 13 heteroatoms. The van der Waals surface area contributed by atoms with Gasteiger partial charge in [-0.15, -0.1) is 0 Å². The van der Waals surface area contributed by atoms with E-state index in [4.69, 9.17) is 44.2 Å². The van der Waals surface area contributed by atoms with E-state index in [0.29, 0.717) is 6.07 Å². The van der Waals surface area contributed by atoms with E-state index in [0.717, 1.165) is 12.1 Å². The molecule has 0 N–H and O–H groups in total. The minimum atomic E-state index is -1.57. The van der Waals surface area contributed by atoms with Gasteiger partial charge >= 0.3 is 37.7 Å². The molecule has 0 spiro atoms. The number of nitriles is 4. The minimum Gasteiger partial charge on any atom is -1.00 e. The molecule has 29 heavy (non-hydrogen) atoms. The summed E-state index contributed by atoms with van der Waals surface area (Å²) in [5, 5.41) is 33.1. The fourth-order valence-electron chi connectivity index (χ4n) is 1.57. The van der Waals surface area contributed by atoms with Crippen molar-refractivity contribution in [1.29, 1.82) is 21.0 Å². The van der Waals surface area contributed by atoms with E-state index in [1.54, 1.807) is 12.1 Å². The zero-order valence-corrected chi connectivity index (χ0v) is 18.9.